The van der Waals surface area contributed by atoms with Gasteiger partial charge in [-0.15, -0.1) is 0 Å². The predicted octanol–water partition coefficient (Wildman–Crippen LogP) is 4.25. The van der Waals surface area contributed by atoms with Gasteiger partial charge in [0.05, 0.1) is 18.1 Å². The van der Waals surface area contributed by atoms with Gasteiger partial charge in [0.1, 0.15) is 12.4 Å². The first-order valence-electron chi connectivity index (χ1n) is 6.34. The lowest BCUT2D eigenvalue weighted by Crippen LogP contribution is -2.01. The molecule has 1 N–H and O–H groups in total. The number of hydrogen-bond donors (Lipinski definition) is 1. The van der Waals surface area contributed by atoms with Gasteiger partial charge in [0.25, 0.3) is 0 Å². The lowest BCUT2D eigenvalue weighted by atomic mass is 10.2. The molecule has 0 aliphatic carbocycles. The van der Waals surface area contributed by atoms with Crippen LogP contribution in [0, 0.1) is 0 Å². The topological polar surface area (TPSA) is 34.2 Å². The van der Waals surface area contributed by atoms with Crippen molar-refractivity contribution in [2.75, 3.05) is 11.9 Å². The quantitative estimate of drug-likeness (QED) is 0.864. The van der Waals surface area contributed by atoms with E-state index in [1.54, 1.807) is 12.4 Å². The van der Waals surface area contributed by atoms with Gasteiger partial charge in [-0.2, -0.15) is 0 Å². The van der Waals surface area contributed by atoms with E-state index < -0.39 is 0 Å². The van der Waals surface area contributed by atoms with Crippen molar-refractivity contribution in [3.05, 3.63) is 52.8 Å². The highest BCUT2D eigenvalue weighted by Crippen LogP contribution is 2.20. The summed E-state index contributed by atoms with van der Waals surface area (Å²) in [5, 5.41) is 3.29. The van der Waals surface area contributed by atoms with Crippen molar-refractivity contribution >= 4 is 21.6 Å². The van der Waals surface area contributed by atoms with E-state index in [2.05, 4.69) is 33.2 Å². The summed E-state index contributed by atoms with van der Waals surface area (Å²) in [6.07, 6.45) is 4.62. The first kappa shape index (κ1) is 13.9. The molecule has 0 radical (unpaired) electrons. The molecule has 0 saturated carbocycles. The zero-order valence-corrected chi connectivity index (χ0v) is 12.5. The highest BCUT2D eigenvalue weighted by atomic mass is 79.9. The molecule has 0 saturated heterocycles. The standard InChI is InChI=1S/C15H17BrN2O/c1-2-7-18-13-8-14(10-17-9-13)19-11-12-5-3-4-6-15(12)16/h3-6,8-10,18H,2,7,11H2,1H3. The number of ether oxygens (including phenoxy) is 1. The highest BCUT2D eigenvalue weighted by Gasteiger charge is 2.01. The largest absolute Gasteiger partial charge is 0.487 e. The van der Waals surface area contributed by atoms with E-state index in [-0.39, 0.29) is 0 Å². The lowest BCUT2D eigenvalue weighted by Gasteiger charge is -2.09. The molecule has 0 atom stereocenters. The van der Waals surface area contributed by atoms with Crippen molar-refractivity contribution in [3.8, 4) is 5.75 Å². The van der Waals surface area contributed by atoms with Crippen molar-refractivity contribution in [2.24, 2.45) is 0 Å². The molecule has 0 amide bonds. The molecule has 1 heterocycles. The number of halogens is 1. The second kappa shape index (κ2) is 7.14. The summed E-state index contributed by atoms with van der Waals surface area (Å²) in [6, 6.07) is 10.0. The van der Waals surface area contributed by atoms with Gasteiger partial charge < -0.3 is 10.1 Å². The van der Waals surface area contributed by atoms with Gasteiger partial charge >= 0.3 is 0 Å². The summed E-state index contributed by atoms with van der Waals surface area (Å²) in [4.78, 5) is 4.17. The van der Waals surface area contributed by atoms with Crippen LogP contribution in [-0.2, 0) is 6.61 Å². The Morgan fingerprint density at radius 3 is 2.89 bits per heavy atom. The third-order valence-electron chi connectivity index (χ3n) is 2.64. The maximum Gasteiger partial charge on any atom is 0.140 e. The van der Waals surface area contributed by atoms with E-state index >= 15 is 0 Å². The predicted molar refractivity (Wildman–Crippen MR) is 81.5 cm³/mol. The fourth-order valence-electron chi connectivity index (χ4n) is 1.64. The van der Waals surface area contributed by atoms with Crippen molar-refractivity contribution in [2.45, 2.75) is 20.0 Å². The highest BCUT2D eigenvalue weighted by molar-refractivity contribution is 9.10. The maximum absolute atomic E-state index is 5.76. The molecule has 0 unspecified atom stereocenters. The van der Waals surface area contributed by atoms with E-state index in [1.165, 1.54) is 0 Å². The maximum atomic E-state index is 5.76. The van der Waals surface area contributed by atoms with E-state index in [0.717, 1.165) is 34.4 Å². The van der Waals surface area contributed by atoms with Crippen molar-refractivity contribution < 1.29 is 4.74 Å². The normalized spacial score (nSPS) is 10.2. The molecular formula is C15H17BrN2O. The molecule has 0 fully saturated rings. The fourth-order valence-corrected chi connectivity index (χ4v) is 2.04. The molecule has 2 rings (SSSR count). The van der Waals surface area contributed by atoms with Gasteiger partial charge in [-0.25, -0.2) is 0 Å². The first-order valence-corrected chi connectivity index (χ1v) is 7.14. The molecule has 0 aliphatic heterocycles. The molecule has 4 heteroatoms. The Morgan fingerprint density at radius 2 is 2.11 bits per heavy atom. The van der Waals surface area contributed by atoms with Crippen LogP contribution in [0.15, 0.2) is 47.2 Å². The lowest BCUT2D eigenvalue weighted by molar-refractivity contribution is 0.304. The molecule has 3 nitrogen and oxygen atoms in total. The van der Waals surface area contributed by atoms with Gasteiger partial charge in [0.2, 0.25) is 0 Å². The Labute approximate surface area is 122 Å². The van der Waals surface area contributed by atoms with E-state index in [0.29, 0.717) is 6.61 Å². The van der Waals surface area contributed by atoms with Gasteiger partial charge in [0, 0.05) is 22.6 Å². The van der Waals surface area contributed by atoms with E-state index in [1.807, 2.05) is 30.3 Å². The van der Waals surface area contributed by atoms with Crippen LogP contribution < -0.4 is 10.1 Å². The van der Waals surface area contributed by atoms with Crippen molar-refractivity contribution in [3.63, 3.8) is 0 Å². The van der Waals surface area contributed by atoms with Crippen LogP contribution in [0.1, 0.15) is 18.9 Å². The number of rotatable bonds is 6. The Kier molecular flexibility index (Phi) is 5.21. The molecule has 0 bridgehead atoms. The minimum atomic E-state index is 0.528. The molecule has 1 aromatic heterocycles. The van der Waals surface area contributed by atoms with Crippen LogP contribution in [0.4, 0.5) is 5.69 Å². The monoisotopic (exact) mass is 320 g/mol. The number of hydrogen-bond acceptors (Lipinski definition) is 3. The van der Waals surface area contributed by atoms with Crippen LogP contribution in [-0.4, -0.2) is 11.5 Å². The molecule has 2 aromatic rings. The smallest absolute Gasteiger partial charge is 0.140 e. The van der Waals surface area contributed by atoms with Crippen LogP contribution in [0.25, 0.3) is 0 Å². The zero-order chi connectivity index (χ0) is 13.5. The molecule has 0 aliphatic rings. The molecule has 19 heavy (non-hydrogen) atoms. The molecule has 100 valence electrons. The Hall–Kier alpha value is -1.55. The van der Waals surface area contributed by atoms with Crippen molar-refractivity contribution in [1.82, 2.24) is 4.98 Å². The molecule has 1 aromatic carbocycles. The summed E-state index contributed by atoms with van der Waals surface area (Å²) < 4.78 is 6.82. The average Bonchev–Trinajstić information content (AvgIpc) is 2.45. The summed E-state index contributed by atoms with van der Waals surface area (Å²) in [5.74, 6) is 0.775. The minimum Gasteiger partial charge on any atom is -0.487 e. The summed E-state index contributed by atoms with van der Waals surface area (Å²) in [7, 11) is 0. The van der Waals surface area contributed by atoms with Gasteiger partial charge in [-0.3, -0.25) is 4.98 Å². The number of benzene rings is 1. The molecule has 0 spiro atoms. The minimum absolute atomic E-state index is 0.528. The Morgan fingerprint density at radius 1 is 1.26 bits per heavy atom. The third-order valence-corrected chi connectivity index (χ3v) is 3.42. The van der Waals surface area contributed by atoms with E-state index in [9.17, 15) is 0 Å². The van der Waals surface area contributed by atoms with Crippen LogP contribution in [0.5, 0.6) is 5.75 Å². The second-order valence-corrected chi connectivity index (χ2v) is 5.07. The first-order chi connectivity index (χ1) is 9.29. The van der Waals surface area contributed by atoms with Crippen LogP contribution in [0.3, 0.4) is 0 Å². The number of nitrogens with one attached hydrogen (secondary N) is 1. The number of anilines is 1. The number of pyridine rings is 1. The van der Waals surface area contributed by atoms with Crippen LogP contribution >= 0.6 is 15.9 Å². The Bertz CT molecular complexity index is 531. The van der Waals surface area contributed by atoms with E-state index in [4.69, 9.17) is 4.74 Å². The Balaban J connectivity index is 1.98. The number of aromatic nitrogens is 1. The summed E-state index contributed by atoms with van der Waals surface area (Å²) in [5.41, 5.74) is 2.11. The fraction of sp³-hybridized carbons (Fsp3) is 0.267. The molecular weight excluding hydrogens is 304 g/mol. The van der Waals surface area contributed by atoms with Gasteiger partial charge in [-0.1, -0.05) is 41.1 Å². The van der Waals surface area contributed by atoms with Gasteiger partial charge in [0.15, 0.2) is 0 Å². The van der Waals surface area contributed by atoms with Crippen molar-refractivity contribution in [1.29, 1.82) is 0 Å². The van der Waals surface area contributed by atoms with Crippen LogP contribution in [0.2, 0.25) is 0 Å². The SMILES string of the molecule is CCCNc1cncc(OCc2ccccc2Br)c1. The zero-order valence-electron chi connectivity index (χ0n) is 10.9. The average molecular weight is 321 g/mol. The second-order valence-electron chi connectivity index (χ2n) is 4.22. The number of nitrogens with zero attached hydrogens (tertiary/aromatic N) is 1. The third kappa shape index (κ3) is 4.24. The summed E-state index contributed by atoms with van der Waals surface area (Å²) >= 11 is 3.51. The van der Waals surface area contributed by atoms with Gasteiger partial charge in [-0.05, 0) is 12.5 Å². The summed E-state index contributed by atoms with van der Waals surface area (Å²) in [6.45, 7) is 3.60.